The normalized spacial score (nSPS) is 12.4. The lowest BCUT2D eigenvalue weighted by atomic mass is 9.95. The van der Waals surface area contributed by atoms with Gasteiger partial charge in [-0.3, -0.25) is 0 Å². The summed E-state index contributed by atoms with van der Waals surface area (Å²) in [5.74, 6) is -1.000. The molecular formula is C16H16BrF2N. The largest absolute Gasteiger partial charge is 0.313 e. The fourth-order valence-electron chi connectivity index (χ4n) is 2.33. The van der Waals surface area contributed by atoms with Crippen LogP contribution >= 0.6 is 15.9 Å². The van der Waals surface area contributed by atoms with Gasteiger partial charge in [0, 0.05) is 16.1 Å². The van der Waals surface area contributed by atoms with E-state index >= 15 is 0 Å². The first-order chi connectivity index (χ1) is 9.52. The summed E-state index contributed by atoms with van der Waals surface area (Å²) >= 11 is 3.42. The van der Waals surface area contributed by atoms with Crippen molar-refractivity contribution in [3.05, 3.63) is 69.2 Å². The van der Waals surface area contributed by atoms with Gasteiger partial charge in [0.1, 0.15) is 11.6 Å². The van der Waals surface area contributed by atoms with Gasteiger partial charge in [0.15, 0.2) is 0 Å². The summed E-state index contributed by atoms with van der Waals surface area (Å²) in [5.41, 5.74) is 2.24. The van der Waals surface area contributed by atoms with Crippen LogP contribution in [0.4, 0.5) is 8.78 Å². The van der Waals surface area contributed by atoms with Crippen LogP contribution < -0.4 is 5.32 Å². The molecule has 0 aliphatic carbocycles. The predicted octanol–water partition coefficient (Wildman–Crippen LogP) is 4.54. The average molecular weight is 340 g/mol. The molecule has 1 atom stereocenters. The molecule has 2 aromatic rings. The van der Waals surface area contributed by atoms with Crippen LogP contribution in [-0.4, -0.2) is 7.05 Å². The van der Waals surface area contributed by atoms with Crippen molar-refractivity contribution in [2.75, 3.05) is 7.05 Å². The Bertz CT molecular complexity index is 593. The highest BCUT2D eigenvalue weighted by molar-refractivity contribution is 9.10. The van der Waals surface area contributed by atoms with Crippen molar-refractivity contribution < 1.29 is 8.78 Å². The van der Waals surface area contributed by atoms with E-state index in [1.807, 2.05) is 25.1 Å². The zero-order chi connectivity index (χ0) is 14.7. The van der Waals surface area contributed by atoms with E-state index < -0.39 is 11.6 Å². The third-order valence-electron chi connectivity index (χ3n) is 3.43. The van der Waals surface area contributed by atoms with E-state index in [1.54, 1.807) is 7.05 Å². The highest BCUT2D eigenvalue weighted by atomic mass is 79.9. The second kappa shape index (κ2) is 6.46. The summed E-state index contributed by atoms with van der Waals surface area (Å²) in [6.45, 7) is 1.99. The van der Waals surface area contributed by atoms with Crippen molar-refractivity contribution in [1.82, 2.24) is 5.32 Å². The molecule has 0 aromatic heterocycles. The lowest BCUT2D eigenvalue weighted by molar-refractivity contribution is 0.514. The van der Waals surface area contributed by atoms with Gasteiger partial charge in [-0.25, -0.2) is 8.78 Å². The number of nitrogens with one attached hydrogen (secondary N) is 1. The number of benzene rings is 2. The molecule has 0 amide bonds. The first-order valence-corrected chi connectivity index (χ1v) is 7.18. The van der Waals surface area contributed by atoms with Crippen molar-refractivity contribution in [2.45, 2.75) is 19.4 Å². The van der Waals surface area contributed by atoms with Gasteiger partial charge in [0.05, 0.1) is 0 Å². The van der Waals surface area contributed by atoms with E-state index in [1.165, 1.54) is 18.2 Å². The number of halogens is 3. The minimum atomic E-state index is -0.500. The van der Waals surface area contributed by atoms with Crippen LogP contribution in [0.2, 0.25) is 0 Å². The summed E-state index contributed by atoms with van der Waals surface area (Å²) in [7, 11) is 1.80. The Kier molecular flexibility index (Phi) is 4.89. The fourth-order valence-corrected chi connectivity index (χ4v) is 2.80. The lowest BCUT2D eigenvalue weighted by Gasteiger charge is -2.20. The van der Waals surface area contributed by atoms with Gasteiger partial charge >= 0.3 is 0 Å². The van der Waals surface area contributed by atoms with Crippen molar-refractivity contribution in [3.63, 3.8) is 0 Å². The number of hydrogen-bond donors (Lipinski definition) is 1. The van der Waals surface area contributed by atoms with Crippen LogP contribution in [0.5, 0.6) is 0 Å². The smallest absolute Gasteiger partial charge is 0.129 e. The topological polar surface area (TPSA) is 12.0 Å². The molecule has 0 aliphatic heterocycles. The number of hydrogen-bond acceptors (Lipinski definition) is 1. The standard InChI is InChI=1S/C16H16BrF2N/c1-10-8-11(17)6-7-12(10)16(20-2)9-13-14(18)4-3-5-15(13)19/h3-8,16,20H,9H2,1-2H3. The van der Waals surface area contributed by atoms with Gasteiger partial charge in [0.25, 0.3) is 0 Å². The minimum absolute atomic E-state index is 0.120. The van der Waals surface area contributed by atoms with Crippen LogP contribution in [0.3, 0.4) is 0 Å². The van der Waals surface area contributed by atoms with Crippen LogP contribution in [-0.2, 0) is 6.42 Å². The molecule has 0 bridgehead atoms. The first-order valence-electron chi connectivity index (χ1n) is 6.39. The highest BCUT2D eigenvalue weighted by Gasteiger charge is 2.17. The lowest BCUT2D eigenvalue weighted by Crippen LogP contribution is -2.21. The zero-order valence-corrected chi connectivity index (χ0v) is 13.0. The monoisotopic (exact) mass is 339 g/mol. The molecule has 20 heavy (non-hydrogen) atoms. The maximum Gasteiger partial charge on any atom is 0.129 e. The first kappa shape index (κ1) is 15.1. The van der Waals surface area contributed by atoms with E-state index in [4.69, 9.17) is 0 Å². The minimum Gasteiger partial charge on any atom is -0.313 e. The maximum atomic E-state index is 13.8. The van der Waals surface area contributed by atoms with Crippen LogP contribution in [0.15, 0.2) is 40.9 Å². The molecule has 0 radical (unpaired) electrons. The molecule has 2 aromatic carbocycles. The summed E-state index contributed by atoms with van der Waals surface area (Å²) in [4.78, 5) is 0. The Hall–Kier alpha value is -1.26. The SMILES string of the molecule is CNC(Cc1c(F)cccc1F)c1ccc(Br)cc1C. The van der Waals surface area contributed by atoms with Crippen LogP contribution in [0.25, 0.3) is 0 Å². The molecule has 1 N–H and O–H groups in total. The van der Waals surface area contributed by atoms with Gasteiger partial charge in [-0.1, -0.05) is 28.1 Å². The molecule has 106 valence electrons. The molecule has 0 saturated carbocycles. The van der Waals surface area contributed by atoms with Crippen molar-refractivity contribution in [3.8, 4) is 0 Å². The van der Waals surface area contributed by atoms with Gasteiger partial charge in [-0.05, 0) is 55.8 Å². The van der Waals surface area contributed by atoms with Gasteiger partial charge in [0.2, 0.25) is 0 Å². The fraction of sp³-hybridized carbons (Fsp3) is 0.250. The van der Waals surface area contributed by atoms with E-state index in [2.05, 4.69) is 21.2 Å². The Labute approximate surface area is 126 Å². The molecule has 2 rings (SSSR count). The van der Waals surface area contributed by atoms with Crippen molar-refractivity contribution >= 4 is 15.9 Å². The molecule has 1 unspecified atom stereocenters. The molecular weight excluding hydrogens is 324 g/mol. The van der Waals surface area contributed by atoms with Crippen molar-refractivity contribution in [1.29, 1.82) is 0 Å². The number of likely N-dealkylation sites (N-methyl/N-ethyl adjacent to an activating group) is 1. The summed E-state index contributed by atoms with van der Waals surface area (Å²) in [6.07, 6.45) is 0.275. The van der Waals surface area contributed by atoms with Crippen LogP contribution in [0.1, 0.15) is 22.7 Å². The molecule has 4 heteroatoms. The summed E-state index contributed by atoms with van der Waals surface area (Å²) in [6, 6.07) is 9.74. The molecule has 0 aliphatic rings. The summed E-state index contributed by atoms with van der Waals surface area (Å²) in [5, 5.41) is 3.13. The zero-order valence-electron chi connectivity index (χ0n) is 11.4. The molecule has 0 fully saturated rings. The van der Waals surface area contributed by atoms with E-state index in [-0.39, 0.29) is 18.0 Å². The quantitative estimate of drug-likeness (QED) is 0.862. The molecule has 0 spiro atoms. The van der Waals surface area contributed by atoms with E-state index in [0.29, 0.717) is 0 Å². The average Bonchev–Trinajstić information content (AvgIpc) is 2.40. The van der Waals surface area contributed by atoms with Gasteiger partial charge < -0.3 is 5.32 Å². The Morgan fingerprint density at radius 2 is 1.80 bits per heavy atom. The maximum absolute atomic E-state index is 13.8. The van der Waals surface area contributed by atoms with E-state index in [0.717, 1.165) is 15.6 Å². The summed E-state index contributed by atoms with van der Waals surface area (Å²) < 4.78 is 28.5. The molecule has 1 nitrogen and oxygen atoms in total. The van der Waals surface area contributed by atoms with Crippen LogP contribution in [0, 0.1) is 18.6 Å². The Morgan fingerprint density at radius 3 is 2.35 bits per heavy atom. The van der Waals surface area contributed by atoms with E-state index in [9.17, 15) is 8.78 Å². The highest BCUT2D eigenvalue weighted by Crippen LogP contribution is 2.26. The second-order valence-electron chi connectivity index (χ2n) is 4.75. The third kappa shape index (κ3) is 3.25. The predicted molar refractivity (Wildman–Crippen MR) is 80.7 cm³/mol. The molecule has 0 saturated heterocycles. The second-order valence-corrected chi connectivity index (χ2v) is 5.66. The Morgan fingerprint density at radius 1 is 1.15 bits per heavy atom. The van der Waals surface area contributed by atoms with Gasteiger partial charge in [-0.2, -0.15) is 0 Å². The molecule has 0 heterocycles. The number of rotatable bonds is 4. The Balaban J connectivity index is 2.34. The van der Waals surface area contributed by atoms with Gasteiger partial charge in [-0.15, -0.1) is 0 Å². The van der Waals surface area contributed by atoms with Crippen molar-refractivity contribution in [2.24, 2.45) is 0 Å². The number of aryl methyl sites for hydroxylation is 1. The third-order valence-corrected chi connectivity index (χ3v) is 3.92.